The van der Waals surface area contributed by atoms with Crippen LogP contribution in [0.1, 0.15) is 21.7 Å². The second-order valence-corrected chi connectivity index (χ2v) is 6.83. The monoisotopic (exact) mass is 398 g/mol. The number of benzene rings is 2. The second-order valence-electron chi connectivity index (χ2n) is 5.89. The number of nitrogens with one attached hydrogen (secondary N) is 2. The molecule has 1 heterocycles. The fourth-order valence-corrected chi connectivity index (χ4v) is 2.83. The van der Waals surface area contributed by atoms with E-state index in [9.17, 15) is 9.59 Å². The molecule has 0 saturated heterocycles. The molecule has 0 unspecified atom stereocenters. The van der Waals surface area contributed by atoms with Crippen LogP contribution < -0.4 is 10.1 Å². The number of aromatic carboxylic acids is 1. The summed E-state index contributed by atoms with van der Waals surface area (Å²) in [4.78, 5) is 27.1. The quantitative estimate of drug-likeness (QED) is 0.499. The Morgan fingerprint density at radius 1 is 1.14 bits per heavy atom. The number of carboxylic acid groups (broad SMARTS) is 1. The van der Waals surface area contributed by atoms with E-state index in [4.69, 9.17) is 9.84 Å². The van der Waals surface area contributed by atoms with Gasteiger partial charge in [0, 0.05) is 5.69 Å². The van der Waals surface area contributed by atoms with Crippen LogP contribution >= 0.6 is 11.8 Å². The van der Waals surface area contributed by atoms with E-state index in [0.29, 0.717) is 16.7 Å². The normalized spacial score (nSPS) is 10.5. The molecule has 0 radical (unpaired) electrons. The summed E-state index contributed by atoms with van der Waals surface area (Å²) >= 11 is 1.19. The van der Waals surface area contributed by atoms with Gasteiger partial charge < -0.3 is 15.2 Å². The van der Waals surface area contributed by atoms with Gasteiger partial charge >= 0.3 is 5.97 Å². The molecule has 3 aromatic rings. The highest BCUT2D eigenvalue weighted by molar-refractivity contribution is 7.99. The van der Waals surface area contributed by atoms with Crippen molar-refractivity contribution in [1.29, 1.82) is 0 Å². The summed E-state index contributed by atoms with van der Waals surface area (Å²) < 4.78 is 5.63. The Morgan fingerprint density at radius 3 is 2.54 bits per heavy atom. The number of nitrogens with zero attached hydrogens (tertiary/aromatic N) is 2. The molecule has 3 rings (SSSR count). The van der Waals surface area contributed by atoms with Crippen molar-refractivity contribution in [2.45, 2.75) is 18.7 Å². The number of hydrogen-bond donors (Lipinski definition) is 3. The lowest BCUT2D eigenvalue weighted by molar-refractivity contribution is -0.113. The molecule has 1 aromatic heterocycles. The molecule has 1 amide bonds. The Labute approximate surface area is 165 Å². The molecule has 0 aliphatic rings. The van der Waals surface area contributed by atoms with Gasteiger partial charge in [-0.3, -0.25) is 9.89 Å². The molecular weight excluding hydrogens is 380 g/mol. The molecule has 0 aliphatic carbocycles. The van der Waals surface area contributed by atoms with Crippen molar-refractivity contribution in [2.75, 3.05) is 11.1 Å². The number of carbonyl (C=O) groups excluding carboxylic acids is 1. The van der Waals surface area contributed by atoms with Gasteiger partial charge in [0.1, 0.15) is 12.4 Å². The van der Waals surface area contributed by atoms with E-state index in [1.807, 2.05) is 31.2 Å². The lowest BCUT2D eigenvalue weighted by Gasteiger charge is -2.04. The first-order valence-corrected chi connectivity index (χ1v) is 9.35. The zero-order valence-corrected chi connectivity index (χ0v) is 15.8. The third-order valence-electron chi connectivity index (χ3n) is 3.66. The van der Waals surface area contributed by atoms with Crippen molar-refractivity contribution >= 4 is 29.3 Å². The van der Waals surface area contributed by atoms with Crippen molar-refractivity contribution in [3.8, 4) is 5.75 Å². The van der Waals surface area contributed by atoms with Crippen LogP contribution in [0, 0.1) is 6.92 Å². The topological polar surface area (TPSA) is 117 Å². The van der Waals surface area contributed by atoms with Gasteiger partial charge in [-0.05, 0) is 43.3 Å². The van der Waals surface area contributed by atoms with E-state index < -0.39 is 5.97 Å². The Morgan fingerprint density at radius 2 is 1.86 bits per heavy atom. The van der Waals surface area contributed by atoms with Crippen molar-refractivity contribution in [1.82, 2.24) is 15.2 Å². The largest absolute Gasteiger partial charge is 0.486 e. The average molecular weight is 398 g/mol. The van der Waals surface area contributed by atoms with Crippen LogP contribution in [0.15, 0.2) is 53.7 Å². The maximum absolute atomic E-state index is 12.0. The molecule has 0 aliphatic heterocycles. The number of amides is 1. The molecule has 0 saturated carbocycles. The van der Waals surface area contributed by atoms with Gasteiger partial charge in [0.05, 0.1) is 11.3 Å². The Balaban J connectivity index is 1.45. The van der Waals surface area contributed by atoms with Crippen LogP contribution in [0.4, 0.5) is 5.69 Å². The van der Waals surface area contributed by atoms with Crippen molar-refractivity contribution in [3.05, 3.63) is 65.5 Å². The minimum absolute atomic E-state index is 0.122. The van der Waals surface area contributed by atoms with Gasteiger partial charge in [0.15, 0.2) is 5.82 Å². The van der Waals surface area contributed by atoms with E-state index in [2.05, 4.69) is 20.5 Å². The predicted octanol–water partition coefficient (Wildman–Crippen LogP) is 3.12. The molecule has 0 fully saturated rings. The molecule has 8 nitrogen and oxygen atoms in total. The molecule has 144 valence electrons. The number of anilines is 1. The minimum Gasteiger partial charge on any atom is -0.486 e. The van der Waals surface area contributed by atoms with Crippen LogP contribution in [0.5, 0.6) is 5.75 Å². The molecule has 2 aromatic carbocycles. The third-order valence-corrected chi connectivity index (χ3v) is 4.50. The van der Waals surface area contributed by atoms with E-state index in [1.165, 1.54) is 23.9 Å². The van der Waals surface area contributed by atoms with Crippen LogP contribution in [-0.2, 0) is 11.4 Å². The van der Waals surface area contributed by atoms with E-state index in [1.54, 1.807) is 12.1 Å². The van der Waals surface area contributed by atoms with E-state index >= 15 is 0 Å². The first-order valence-electron chi connectivity index (χ1n) is 8.36. The van der Waals surface area contributed by atoms with Crippen LogP contribution in [0.25, 0.3) is 0 Å². The lowest BCUT2D eigenvalue weighted by atomic mass is 10.2. The summed E-state index contributed by atoms with van der Waals surface area (Å²) in [5.74, 6) is 0.171. The summed E-state index contributed by atoms with van der Waals surface area (Å²) in [6.07, 6.45) is 0. The first-order chi connectivity index (χ1) is 13.5. The van der Waals surface area contributed by atoms with Crippen LogP contribution in [0.3, 0.4) is 0 Å². The molecule has 0 atom stereocenters. The van der Waals surface area contributed by atoms with Gasteiger partial charge in [0.2, 0.25) is 11.1 Å². The number of aryl methyl sites for hydroxylation is 1. The molecule has 0 bridgehead atoms. The zero-order valence-electron chi connectivity index (χ0n) is 15.0. The van der Waals surface area contributed by atoms with Crippen LogP contribution in [0.2, 0.25) is 0 Å². The van der Waals surface area contributed by atoms with Gasteiger partial charge in [0.25, 0.3) is 0 Å². The van der Waals surface area contributed by atoms with Crippen molar-refractivity contribution in [2.24, 2.45) is 0 Å². The standard InChI is InChI=1S/C19H18N4O4S/c1-12-2-8-15(9-3-12)27-10-16-21-19(23-22-16)28-11-17(24)20-14-6-4-13(5-7-14)18(25)26/h2-9H,10-11H2,1H3,(H,20,24)(H,25,26)(H,21,22,23). The number of rotatable bonds is 8. The average Bonchev–Trinajstić information content (AvgIpc) is 3.14. The van der Waals surface area contributed by atoms with E-state index in [0.717, 1.165) is 11.3 Å². The summed E-state index contributed by atoms with van der Waals surface area (Å²) in [6, 6.07) is 13.6. The Hall–Kier alpha value is -3.33. The SMILES string of the molecule is Cc1ccc(OCc2nc(SCC(=O)Nc3ccc(C(=O)O)cc3)n[nH]2)cc1. The molecule has 28 heavy (non-hydrogen) atoms. The summed E-state index contributed by atoms with van der Waals surface area (Å²) in [7, 11) is 0. The fraction of sp³-hybridized carbons (Fsp3) is 0.158. The van der Waals surface area contributed by atoms with Crippen LogP contribution in [-0.4, -0.2) is 37.9 Å². The lowest BCUT2D eigenvalue weighted by Crippen LogP contribution is -2.14. The number of carboxylic acids is 1. The number of thioether (sulfide) groups is 1. The fourth-order valence-electron chi connectivity index (χ4n) is 2.22. The summed E-state index contributed by atoms with van der Waals surface area (Å²) in [6.45, 7) is 2.25. The second kappa shape index (κ2) is 9.05. The smallest absolute Gasteiger partial charge is 0.335 e. The maximum Gasteiger partial charge on any atom is 0.335 e. The number of H-pyrrole nitrogens is 1. The highest BCUT2D eigenvalue weighted by Crippen LogP contribution is 2.16. The van der Waals surface area contributed by atoms with Gasteiger partial charge in [-0.2, -0.15) is 0 Å². The van der Waals surface area contributed by atoms with E-state index in [-0.39, 0.29) is 23.8 Å². The Kier molecular flexibility index (Phi) is 6.28. The number of aromatic nitrogens is 3. The predicted molar refractivity (Wildman–Crippen MR) is 105 cm³/mol. The number of ether oxygens (including phenoxy) is 1. The van der Waals surface area contributed by atoms with Gasteiger partial charge in [-0.1, -0.05) is 29.5 Å². The number of aromatic amines is 1. The minimum atomic E-state index is -1.01. The summed E-state index contributed by atoms with van der Waals surface area (Å²) in [5, 5.41) is 18.8. The Bertz CT molecular complexity index is 955. The van der Waals surface area contributed by atoms with Crippen molar-refractivity contribution in [3.63, 3.8) is 0 Å². The first kappa shape index (κ1) is 19.4. The third kappa shape index (κ3) is 5.58. The van der Waals surface area contributed by atoms with Gasteiger partial charge in [-0.25, -0.2) is 9.78 Å². The number of hydrogen-bond acceptors (Lipinski definition) is 6. The van der Waals surface area contributed by atoms with Gasteiger partial charge in [-0.15, -0.1) is 5.10 Å². The molecule has 3 N–H and O–H groups in total. The highest BCUT2D eigenvalue weighted by atomic mass is 32.2. The number of carbonyl (C=O) groups is 2. The molecule has 0 spiro atoms. The summed E-state index contributed by atoms with van der Waals surface area (Å²) in [5.41, 5.74) is 1.84. The molecular formula is C19H18N4O4S. The maximum atomic E-state index is 12.0. The van der Waals surface area contributed by atoms with Crippen molar-refractivity contribution < 1.29 is 19.4 Å². The zero-order chi connectivity index (χ0) is 19.9. The molecule has 9 heteroatoms. The highest BCUT2D eigenvalue weighted by Gasteiger charge is 2.09.